The summed E-state index contributed by atoms with van der Waals surface area (Å²) in [7, 11) is 0. The average Bonchev–Trinajstić information content (AvgIpc) is 2.96. The monoisotopic (exact) mass is 569 g/mol. The third-order valence-electron chi connectivity index (χ3n) is 8.34. The van der Waals surface area contributed by atoms with Gasteiger partial charge in [-0.15, -0.1) is 11.6 Å². The van der Waals surface area contributed by atoms with E-state index in [-0.39, 0.29) is 47.4 Å². The molecule has 0 unspecified atom stereocenters. The topological polar surface area (TPSA) is 69.7 Å². The summed E-state index contributed by atoms with van der Waals surface area (Å²) in [6.07, 6.45) is 4.45. The lowest BCUT2D eigenvalue weighted by Crippen LogP contribution is -2.50. The van der Waals surface area contributed by atoms with Crippen LogP contribution in [0.25, 0.3) is 0 Å². The number of nitrogens with zero attached hydrogens (tertiary/aromatic N) is 2. The fourth-order valence-corrected chi connectivity index (χ4v) is 5.93. The van der Waals surface area contributed by atoms with Gasteiger partial charge in [0.15, 0.2) is 0 Å². The largest absolute Gasteiger partial charge is 0.353 e. The number of nitrogens with one attached hydrogen (secondary N) is 1. The molecule has 0 radical (unpaired) electrons. The Hall–Kier alpha value is -2.93. The second kappa shape index (κ2) is 13.2. The van der Waals surface area contributed by atoms with Crippen molar-refractivity contribution in [3.05, 3.63) is 71.0 Å². The van der Waals surface area contributed by atoms with Crippen LogP contribution >= 0.6 is 11.6 Å². The zero-order valence-corrected chi connectivity index (χ0v) is 24.6. The van der Waals surface area contributed by atoms with E-state index in [1.807, 2.05) is 48.8 Å². The van der Waals surface area contributed by atoms with Crippen LogP contribution in [0, 0.1) is 24.1 Å². The van der Waals surface area contributed by atoms with Crippen LogP contribution in [-0.2, 0) is 16.1 Å². The van der Waals surface area contributed by atoms with E-state index in [1.165, 1.54) is 12.1 Å². The predicted molar refractivity (Wildman–Crippen MR) is 155 cm³/mol. The van der Waals surface area contributed by atoms with Gasteiger partial charge in [0.1, 0.15) is 5.82 Å². The number of benzene rings is 2. The molecule has 1 saturated heterocycles. The van der Waals surface area contributed by atoms with Crippen molar-refractivity contribution in [1.82, 2.24) is 15.1 Å². The minimum Gasteiger partial charge on any atom is -0.353 e. The van der Waals surface area contributed by atoms with Crippen molar-refractivity contribution in [2.75, 3.05) is 19.0 Å². The molecule has 1 saturated carbocycles. The lowest BCUT2D eigenvalue weighted by molar-refractivity contribution is -0.142. The molecular formula is C32H41ClFN3O3. The number of carbonyl (C=O) groups is 3. The first kappa shape index (κ1) is 30.0. The molecule has 8 heteroatoms. The smallest absolute Gasteiger partial charge is 0.254 e. The molecule has 6 nitrogen and oxygen atoms in total. The SMILES string of the molecule is Cc1cccc(CN(C(=O)c2ccc(F)cc2)C2CCC(NC(=O)C3CCN(C(=O)C(C)(C)CCl)CC3)CC2)c1. The van der Waals surface area contributed by atoms with E-state index >= 15 is 0 Å². The number of likely N-dealkylation sites (tertiary alicyclic amines) is 1. The first-order valence-electron chi connectivity index (χ1n) is 14.3. The van der Waals surface area contributed by atoms with Gasteiger partial charge in [0.05, 0.1) is 5.41 Å². The van der Waals surface area contributed by atoms with Crippen LogP contribution in [0.1, 0.15) is 73.9 Å². The molecule has 2 aromatic rings. The fraction of sp³-hybridized carbons (Fsp3) is 0.531. The number of aryl methyl sites for hydroxylation is 1. The number of rotatable bonds is 8. The Kier molecular flexibility index (Phi) is 9.88. The van der Waals surface area contributed by atoms with Crippen molar-refractivity contribution in [2.45, 2.75) is 77.9 Å². The standard InChI is InChI=1S/C32H41ClFN3O3/c1-22-5-4-6-23(19-22)20-37(30(39)25-7-9-26(34)10-8-25)28-13-11-27(12-14-28)35-29(38)24-15-17-36(18-16-24)31(40)32(2,3)21-33/h4-10,19,24,27-28H,11-18,20-21H2,1-3H3,(H,35,38). The summed E-state index contributed by atoms with van der Waals surface area (Å²) >= 11 is 5.98. The van der Waals surface area contributed by atoms with Gasteiger partial charge in [-0.25, -0.2) is 4.39 Å². The van der Waals surface area contributed by atoms with Crippen molar-refractivity contribution < 1.29 is 18.8 Å². The highest BCUT2D eigenvalue weighted by atomic mass is 35.5. The zero-order valence-electron chi connectivity index (χ0n) is 23.8. The molecule has 4 rings (SSSR count). The molecule has 40 heavy (non-hydrogen) atoms. The van der Waals surface area contributed by atoms with E-state index in [1.54, 1.807) is 12.1 Å². The van der Waals surface area contributed by atoms with Crippen molar-refractivity contribution in [1.29, 1.82) is 0 Å². The molecule has 1 heterocycles. The molecule has 0 spiro atoms. The van der Waals surface area contributed by atoms with Crippen molar-refractivity contribution in [3.63, 3.8) is 0 Å². The Bertz CT molecular complexity index is 1190. The van der Waals surface area contributed by atoms with Gasteiger partial charge >= 0.3 is 0 Å². The molecule has 216 valence electrons. The van der Waals surface area contributed by atoms with Crippen LogP contribution in [0.5, 0.6) is 0 Å². The molecule has 2 aromatic carbocycles. The number of carbonyl (C=O) groups excluding carboxylic acids is 3. The Labute approximate surface area is 242 Å². The molecule has 3 amide bonds. The van der Waals surface area contributed by atoms with Crippen LogP contribution in [0.15, 0.2) is 48.5 Å². The molecule has 0 atom stereocenters. The average molecular weight is 570 g/mol. The van der Waals surface area contributed by atoms with Crippen LogP contribution in [0.3, 0.4) is 0 Å². The summed E-state index contributed by atoms with van der Waals surface area (Å²) in [6, 6.07) is 14.0. The van der Waals surface area contributed by atoms with Crippen molar-refractivity contribution in [2.24, 2.45) is 11.3 Å². The Morgan fingerprint density at radius 3 is 2.25 bits per heavy atom. The maximum Gasteiger partial charge on any atom is 0.254 e. The summed E-state index contributed by atoms with van der Waals surface area (Å²) in [5, 5.41) is 3.25. The Morgan fingerprint density at radius 1 is 1.00 bits per heavy atom. The van der Waals surface area contributed by atoms with Crippen LogP contribution in [0.4, 0.5) is 4.39 Å². The number of alkyl halides is 1. The van der Waals surface area contributed by atoms with E-state index < -0.39 is 5.41 Å². The van der Waals surface area contributed by atoms with Gasteiger partial charge in [-0.1, -0.05) is 29.8 Å². The highest BCUT2D eigenvalue weighted by molar-refractivity contribution is 6.19. The van der Waals surface area contributed by atoms with E-state index in [2.05, 4.69) is 11.4 Å². The van der Waals surface area contributed by atoms with Crippen molar-refractivity contribution in [3.8, 4) is 0 Å². The summed E-state index contributed by atoms with van der Waals surface area (Å²) in [6.45, 7) is 7.37. The van der Waals surface area contributed by atoms with Gasteiger partial charge in [0.25, 0.3) is 5.91 Å². The van der Waals surface area contributed by atoms with Crippen LogP contribution < -0.4 is 5.32 Å². The van der Waals surface area contributed by atoms with Gasteiger partial charge in [-0.2, -0.15) is 0 Å². The van der Waals surface area contributed by atoms with E-state index in [0.29, 0.717) is 38.0 Å². The molecule has 2 fully saturated rings. The summed E-state index contributed by atoms with van der Waals surface area (Å²) in [5.41, 5.74) is 2.07. The predicted octanol–water partition coefficient (Wildman–Crippen LogP) is 5.71. The lowest BCUT2D eigenvalue weighted by Gasteiger charge is -2.39. The van der Waals surface area contributed by atoms with Crippen LogP contribution in [-0.4, -0.2) is 58.6 Å². The van der Waals surface area contributed by atoms with E-state index in [0.717, 1.165) is 36.8 Å². The van der Waals surface area contributed by atoms with E-state index in [4.69, 9.17) is 11.6 Å². The third kappa shape index (κ3) is 7.42. The maximum atomic E-state index is 13.6. The number of hydrogen-bond donors (Lipinski definition) is 1. The quantitative estimate of drug-likeness (QED) is 0.414. The van der Waals surface area contributed by atoms with Gasteiger partial charge in [-0.3, -0.25) is 14.4 Å². The molecule has 1 aliphatic carbocycles. The molecule has 2 aliphatic rings. The maximum absolute atomic E-state index is 13.6. The number of piperidine rings is 1. The first-order chi connectivity index (χ1) is 19.1. The zero-order chi connectivity index (χ0) is 28.9. The first-order valence-corrected chi connectivity index (χ1v) is 14.9. The fourth-order valence-electron chi connectivity index (χ4n) is 5.81. The molecule has 0 aromatic heterocycles. The summed E-state index contributed by atoms with van der Waals surface area (Å²) in [4.78, 5) is 43.1. The lowest BCUT2D eigenvalue weighted by atomic mass is 9.88. The second-order valence-corrected chi connectivity index (χ2v) is 12.3. The molecule has 0 bridgehead atoms. The summed E-state index contributed by atoms with van der Waals surface area (Å²) < 4.78 is 13.5. The minimum atomic E-state index is -0.597. The van der Waals surface area contributed by atoms with Gasteiger partial charge < -0.3 is 15.1 Å². The molecular weight excluding hydrogens is 529 g/mol. The number of hydrogen-bond acceptors (Lipinski definition) is 3. The van der Waals surface area contributed by atoms with Gasteiger partial charge in [0, 0.05) is 49.1 Å². The number of halogens is 2. The third-order valence-corrected chi connectivity index (χ3v) is 9.01. The Balaban J connectivity index is 1.33. The van der Waals surface area contributed by atoms with E-state index in [9.17, 15) is 18.8 Å². The minimum absolute atomic E-state index is 0.0331. The summed E-state index contributed by atoms with van der Waals surface area (Å²) in [5.74, 6) is -0.190. The molecule has 1 N–H and O–H groups in total. The molecule has 1 aliphatic heterocycles. The Morgan fingerprint density at radius 2 is 1.65 bits per heavy atom. The van der Waals surface area contributed by atoms with Crippen molar-refractivity contribution >= 4 is 29.3 Å². The highest BCUT2D eigenvalue weighted by Crippen LogP contribution is 2.29. The second-order valence-electron chi connectivity index (χ2n) is 12.0. The normalized spacial score (nSPS) is 20.2. The van der Waals surface area contributed by atoms with Gasteiger partial charge in [0.2, 0.25) is 11.8 Å². The number of amides is 3. The highest BCUT2D eigenvalue weighted by Gasteiger charge is 2.36. The van der Waals surface area contributed by atoms with Gasteiger partial charge in [-0.05, 0) is 89.1 Å². The van der Waals surface area contributed by atoms with Crippen LogP contribution in [0.2, 0.25) is 0 Å².